The number of carbonyl (C=O) groups excluding carboxylic acids is 1. The second-order valence-corrected chi connectivity index (χ2v) is 4.40. The molecule has 5 heteroatoms. The highest BCUT2D eigenvalue weighted by Crippen LogP contribution is 2.20. The van der Waals surface area contributed by atoms with Gasteiger partial charge in [-0.05, 0) is 5.92 Å². The molecule has 0 saturated heterocycles. The molecule has 1 aromatic heterocycles. The molecule has 0 saturated carbocycles. The van der Waals surface area contributed by atoms with Crippen LogP contribution < -0.4 is 5.73 Å². The predicted octanol–water partition coefficient (Wildman–Crippen LogP) is 2.25. The Kier molecular flexibility index (Phi) is 5.19. The summed E-state index contributed by atoms with van der Waals surface area (Å²) >= 11 is 0. The number of esters is 1. The number of methoxy groups -OCH3 is 1. The van der Waals surface area contributed by atoms with Gasteiger partial charge in [0.2, 0.25) is 0 Å². The smallest absolute Gasteiger partial charge is 0.360 e. The van der Waals surface area contributed by atoms with Gasteiger partial charge in [-0.15, -0.1) is 0 Å². The molecule has 0 radical (unpaired) electrons. The molecule has 0 amide bonds. The number of nitrogens with two attached hydrogens (primary N) is 1. The van der Waals surface area contributed by atoms with Crippen molar-refractivity contribution < 1.29 is 9.53 Å². The molecular formula is C13H23N3O2. The molecule has 5 nitrogen and oxygen atoms in total. The van der Waals surface area contributed by atoms with Crippen LogP contribution in [0, 0.1) is 5.92 Å². The maximum Gasteiger partial charge on any atom is 0.360 e. The Balaban J connectivity index is 3.09. The molecule has 0 spiro atoms. The largest absolute Gasteiger partial charge is 0.464 e. The second-order valence-electron chi connectivity index (χ2n) is 4.40. The molecule has 0 aliphatic heterocycles. The SMILES string of the molecule is CCc1nc(C(=O)OC)c(N)n1CC(CC)CC. The zero-order chi connectivity index (χ0) is 13.7. The molecule has 1 rings (SSSR count). The lowest BCUT2D eigenvalue weighted by molar-refractivity contribution is 0.0595. The van der Waals surface area contributed by atoms with Crippen molar-refractivity contribution in [1.82, 2.24) is 9.55 Å². The number of rotatable bonds is 6. The lowest BCUT2D eigenvalue weighted by Gasteiger charge is -2.16. The summed E-state index contributed by atoms with van der Waals surface area (Å²) in [6.07, 6.45) is 2.93. The fourth-order valence-electron chi connectivity index (χ4n) is 2.04. The van der Waals surface area contributed by atoms with Gasteiger partial charge in [0.25, 0.3) is 0 Å². The fraction of sp³-hybridized carbons (Fsp3) is 0.692. The summed E-state index contributed by atoms with van der Waals surface area (Å²) in [6, 6.07) is 0. The minimum atomic E-state index is -0.467. The molecule has 1 aromatic rings. The summed E-state index contributed by atoms with van der Waals surface area (Å²) in [7, 11) is 1.34. The Morgan fingerprint density at radius 1 is 1.39 bits per heavy atom. The van der Waals surface area contributed by atoms with Crippen LogP contribution in [-0.2, 0) is 17.7 Å². The molecule has 2 N–H and O–H groups in total. The van der Waals surface area contributed by atoms with Gasteiger partial charge < -0.3 is 15.0 Å². The predicted molar refractivity (Wildman–Crippen MR) is 71.4 cm³/mol. The van der Waals surface area contributed by atoms with E-state index in [0.29, 0.717) is 11.7 Å². The van der Waals surface area contributed by atoms with Gasteiger partial charge >= 0.3 is 5.97 Å². The Hall–Kier alpha value is -1.52. The van der Waals surface area contributed by atoms with Crippen molar-refractivity contribution in [1.29, 1.82) is 0 Å². The van der Waals surface area contributed by atoms with Gasteiger partial charge in [0.1, 0.15) is 11.6 Å². The monoisotopic (exact) mass is 253 g/mol. The topological polar surface area (TPSA) is 70.1 Å². The van der Waals surface area contributed by atoms with Gasteiger partial charge in [0.05, 0.1) is 7.11 Å². The third kappa shape index (κ3) is 2.83. The van der Waals surface area contributed by atoms with Crippen LogP contribution in [0.25, 0.3) is 0 Å². The molecular weight excluding hydrogens is 230 g/mol. The number of carbonyl (C=O) groups is 1. The van der Waals surface area contributed by atoms with Crippen LogP contribution in [0.5, 0.6) is 0 Å². The van der Waals surface area contributed by atoms with E-state index in [0.717, 1.165) is 31.6 Å². The van der Waals surface area contributed by atoms with Crippen LogP contribution in [0.1, 0.15) is 49.9 Å². The van der Waals surface area contributed by atoms with Crippen LogP contribution >= 0.6 is 0 Å². The summed E-state index contributed by atoms with van der Waals surface area (Å²) in [5.74, 6) is 1.35. The maximum absolute atomic E-state index is 11.6. The highest BCUT2D eigenvalue weighted by molar-refractivity contribution is 5.92. The number of imidazole rings is 1. The number of hydrogen-bond donors (Lipinski definition) is 1. The quantitative estimate of drug-likeness (QED) is 0.789. The normalized spacial score (nSPS) is 10.9. The van der Waals surface area contributed by atoms with E-state index in [-0.39, 0.29) is 5.69 Å². The summed E-state index contributed by atoms with van der Waals surface area (Å²) < 4.78 is 6.64. The van der Waals surface area contributed by atoms with Crippen molar-refractivity contribution in [2.45, 2.75) is 46.6 Å². The number of aromatic nitrogens is 2. The van der Waals surface area contributed by atoms with E-state index in [1.165, 1.54) is 7.11 Å². The van der Waals surface area contributed by atoms with Crippen molar-refractivity contribution in [3.05, 3.63) is 11.5 Å². The number of aryl methyl sites for hydroxylation is 1. The Labute approximate surface area is 108 Å². The summed E-state index contributed by atoms with van der Waals surface area (Å²) in [5, 5.41) is 0. The third-order valence-electron chi connectivity index (χ3n) is 3.38. The first-order valence-corrected chi connectivity index (χ1v) is 6.52. The molecule has 0 unspecified atom stereocenters. The summed E-state index contributed by atoms with van der Waals surface area (Å²) in [6.45, 7) is 7.14. The molecule has 0 fully saturated rings. The number of hydrogen-bond acceptors (Lipinski definition) is 4. The van der Waals surface area contributed by atoms with E-state index in [1.807, 2.05) is 11.5 Å². The van der Waals surface area contributed by atoms with E-state index in [9.17, 15) is 4.79 Å². The Bertz CT molecular complexity index is 409. The van der Waals surface area contributed by atoms with Crippen LogP contribution in [0.2, 0.25) is 0 Å². The van der Waals surface area contributed by atoms with Crippen LogP contribution in [0.3, 0.4) is 0 Å². The summed E-state index contributed by atoms with van der Waals surface area (Å²) in [5.41, 5.74) is 6.25. The molecule has 102 valence electrons. The molecule has 0 atom stereocenters. The minimum Gasteiger partial charge on any atom is -0.464 e. The van der Waals surface area contributed by atoms with Crippen molar-refractivity contribution in [2.75, 3.05) is 12.8 Å². The van der Waals surface area contributed by atoms with Crippen LogP contribution in [0.4, 0.5) is 5.82 Å². The van der Waals surface area contributed by atoms with Crippen molar-refractivity contribution in [3.8, 4) is 0 Å². The first kappa shape index (κ1) is 14.5. The highest BCUT2D eigenvalue weighted by Gasteiger charge is 2.21. The van der Waals surface area contributed by atoms with Gasteiger partial charge in [-0.1, -0.05) is 33.6 Å². The van der Waals surface area contributed by atoms with Crippen molar-refractivity contribution in [3.63, 3.8) is 0 Å². The Morgan fingerprint density at radius 2 is 2.00 bits per heavy atom. The second kappa shape index (κ2) is 6.42. The standard InChI is InChI=1S/C13H23N3O2/c1-5-9(6-2)8-16-10(7-3)15-11(12(16)14)13(17)18-4/h9H,5-8,14H2,1-4H3. The van der Waals surface area contributed by atoms with E-state index in [1.54, 1.807) is 0 Å². The average molecular weight is 253 g/mol. The van der Waals surface area contributed by atoms with Crippen molar-refractivity contribution >= 4 is 11.8 Å². The molecule has 0 aliphatic rings. The molecule has 1 heterocycles. The van der Waals surface area contributed by atoms with Crippen LogP contribution in [-0.4, -0.2) is 22.6 Å². The van der Waals surface area contributed by atoms with Gasteiger partial charge in [0.15, 0.2) is 5.69 Å². The van der Waals surface area contributed by atoms with Gasteiger partial charge in [0, 0.05) is 13.0 Å². The summed E-state index contributed by atoms with van der Waals surface area (Å²) in [4.78, 5) is 15.8. The Morgan fingerprint density at radius 3 is 2.44 bits per heavy atom. The molecule has 18 heavy (non-hydrogen) atoms. The third-order valence-corrected chi connectivity index (χ3v) is 3.38. The van der Waals surface area contributed by atoms with E-state index < -0.39 is 5.97 Å². The van der Waals surface area contributed by atoms with Crippen LogP contribution in [0.15, 0.2) is 0 Å². The van der Waals surface area contributed by atoms with E-state index in [4.69, 9.17) is 10.5 Å². The van der Waals surface area contributed by atoms with Gasteiger partial charge in [-0.3, -0.25) is 0 Å². The lowest BCUT2D eigenvalue weighted by atomic mass is 10.0. The zero-order valence-electron chi connectivity index (χ0n) is 11.7. The van der Waals surface area contributed by atoms with Gasteiger partial charge in [-0.25, -0.2) is 9.78 Å². The first-order valence-electron chi connectivity index (χ1n) is 6.52. The van der Waals surface area contributed by atoms with Crippen molar-refractivity contribution in [2.24, 2.45) is 5.92 Å². The number of ether oxygens (including phenoxy) is 1. The first-order chi connectivity index (χ1) is 8.58. The average Bonchev–Trinajstić information content (AvgIpc) is 2.71. The van der Waals surface area contributed by atoms with Gasteiger partial charge in [-0.2, -0.15) is 0 Å². The number of nitrogens with zero attached hydrogens (tertiary/aromatic N) is 2. The zero-order valence-corrected chi connectivity index (χ0v) is 11.7. The number of anilines is 1. The lowest BCUT2D eigenvalue weighted by Crippen LogP contribution is -2.14. The minimum absolute atomic E-state index is 0.236. The molecule has 0 aromatic carbocycles. The molecule has 0 bridgehead atoms. The highest BCUT2D eigenvalue weighted by atomic mass is 16.5. The molecule has 0 aliphatic carbocycles. The maximum atomic E-state index is 11.6. The van der Waals surface area contributed by atoms with E-state index >= 15 is 0 Å². The number of nitrogen functional groups attached to an aromatic ring is 1. The van der Waals surface area contributed by atoms with E-state index in [2.05, 4.69) is 18.8 Å². The fourth-order valence-corrected chi connectivity index (χ4v) is 2.04.